The second-order valence-corrected chi connectivity index (χ2v) is 5.81. The van der Waals surface area contributed by atoms with Crippen LogP contribution in [0.5, 0.6) is 0 Å². The van der Waals surface area contributed by atoms with Crippen LogP contribution in [0.15, 0.2) is 60.7 Å². The molecule has 1 amide bonds. The molecule has 0 saturated carbocycles. The fourth-order valence-electron chi connectivity index (χ4n) is 2.88. The lowest BCUT2D eigenvalue weighted by atomic mass is 10.1. The number of hydrogen-bond donors (Lipinski definition) is 1. The summed E-state index contributed by atoms with van der Waals surface area (Å²) in [6.45, 7) is 0.0588. The Morgan fingerprint density at radius 2 is 1.48 bits per heavy atom. The maximum Gasteiger partial charge on any atom is 0.338 e. The zero-order chi connectivity index (χ0) is 17.8. The first-order chi connectivity index (χ1) is 12.1. The van der Waals surface area contributed by atoms with E-state index in [1.165, 1.54) is 4.90 Å². The lowest BCUT2D eigenvalue weighted by Gasteiger charge is -2.21. The molecule has 1 N–H and O–H groups in total. The number of rotatable bonds is 4. The van der Waals surface area contributed by atoms with Crippen molar-refractivity contribution < 1.29 is 24.2 Å². The van der Waals surface area contributed by atoms with Crippen LogP contribution < -0.4 is 0 Å². The van der Waals surface area contributed by atoms with Crippen molar-refractivity contribution in [3.8, 4) is 0 Å². The summed E-state index contributed by atoms with van der Waals surface area (Å²) < 4.78 is 5.40. The van der Waals surface area contributed by atoms with E-state index in [-0.39, 0.29) is 18.9 Å². The van der Waals surface area contributed by atoms with Gasteiger partial charge in [0.25, 0.3) is 5.91 Å². The Hall–Kier alpha value is -3.15. The second kappa shape index (κ2) is 7.17. The van der Waals surface area contributed by atoms with Crippen LogP contribution in [-0.2, 0) is 9.53 Å². The van der Waals surface area contributed by atoms with Gasteiger partial charge in [-0.3, -0.25) is 4.79 Å². The molecule has 6 heteroatoms. The van der Waals surface area contributed by atoms with Gasteiger partial charge in [-0.2, -0.15) is 0 Å². The molecule has 1 saturated heterocycles. The maximum atomic E-state index is 12.6. The molecule has 25 heavy (non-hydrogen) atoms. The average Bonchev–Trinajstić information content (AvgIpc) is 3.06. The number of nitrogens with zero attached hydrogens (tertiary/aromatic N) is 1. The Morgan fingerprint density at radius 3 is 2.04 bits per heavy atom. The standard InChI is InChI=1S/C19H17NO5/c21-17(13-7-3-1-4-8-13)20-12-15(11-16(20)18(22)23)25-19(24)14-9-5-2-6-10-14/h1-10,15-16H,11-12H2,(H,22,23)/t15-,16-/m0/s1. The van der Waals surface area contributed by atoms with Crippen molar-refractivity contribution in [1.29, 1.82) is 0 Å². The number of ether oxygens (including phenoxy) is 1. The smallest absolute Gasteiger partial charge is 0.338 e. The Morgan fingerprint density at radius 1 is 0.920 bits per heavy atom. The third kappa shape index (κ3) is 3.68. The number of likely N-dealkylation sites (tertiary alicyclic amines) is 1. The molecule has 1 aliphatic heterocycles. The monoisotopic (exact) mass is 339 g/mol. The summed E-state index contributed by atoms with van der Waals surface area (Å²) in [7, 11) is 0. The molecule has 1 heterocycles. The van der Waals surface area contributed by atoms with E-state index in [4.69, 9.17) is 4.74 Å². The van der Waals surface area contributed by atoms with Crippen LogP contribution in [0.2, 0.25) is 0 Å². The van der Waals surface area contributed by atoms with Crippen molar-refractivity contribution in [1.82, 2.24) is 4.90 Å². The van der Waals surface area contributed by atoms with Gasteiger partial charge in [0.2, 0.25) is 0 Å². The maximum absolute atomic E-state index is 12.6. The van der Waals surface area contributed by atoms with Crippen molar-refractivity contribution in [3.63, 3.8) is 0 Å². The molecule has 0 unspecified atom stereocenters. The molecule has 0 aliphatic carbocycles. The zero-order valence-electron chi connectivity index (χ0n) is 13.4. The summed E-state index contributed by atoms with van der Waals surface area (Å²) >= 11 is 0. The Balaban J connectivity index is 1.73. The first-order valence-corrected chi connectivity index (χ1v) is 7.91. The third-order valence-electron chi connectivity index (χ3n) is 4.11. The van der Waals surface area contributed by atoms with Crippen molar-refractivity contribution >= 4 is 17.8 Å². The largest absolute Gasteiger partial charge is 0.480 e. The number of carbonyl (C=O) groups is 3. The minimum Gasteiger partial charge on any atom is -0.480 e. The summed E-state index contributed by atoms with van der Waals surface area (Å²) in [6.07, 6.45) is -0.576. The Labute approximate surface area is 144 Å². The Bertz CT molecular complexity index is 775. The van der Waals surface area contributed by atoms with Crippen molar-refractivity contribution in [2.45, 2.75) is 18.6 Å². The summed E-state index contributed by atoms with van der Waals surface area (Å²) in [5.41, 5.74) is 0.797. The highest BCUT2D eigenvalue weighted by Crippen LogP contribution is 2.24. The van der Waals surface area contributed by atoms with Gasteiger partial charge < -0.3 is 14.7 Å². The first kappa shape index (κ1) is 16.7. The molecule has 0 radical (unpaired) electrons. The van der Waals surface area contributed by atoms with E-state index in [9.17, 15) is 19.5 Å². The molecule has 0 aromatic heterocycles. The zero-order valence-corrected chi connectivity index (χ0v) is 13.4. The van der Waals surface area contributed by atoms with Crippen LogP contribution in [0.4, 0.5) is 0 Å². The molecule has 3 rings (SSSR count). The molecule has 1 aliphatic rings. The molecule has 6 nitrogen and oxygen atoms in total. The summed E-state index contributed by atoms with van der Waals surface area (Å²) in [4.78, 5) is 37.5. The van der Waals surface area contributed by atoms with Gasteiger partial charge in [-0.15, -0.1) is 0 Å². The van der Waals surface area contributed by atoms with E-state index in [1.54, 1.807) is 60.7 Å². The van der Waals surface area contributed by atoms with Gasteiger partial charge in [0.05, 0.1) is 12.1 Å². The van der Waals surface area contributed by atoms with Gasteiger partial charge in [0, 0.05) is 12.0 Å². The predicted molar refractivity (Wildman–Crippen MR) is 89.2 cm³/mol. The number of hydrogen-bond acceptors (Lipinski definition) is 4. The van der Waals surface area contributed by atoms with Crippen LogP contribution in [0, 0.1) is 0 Å². The summed E-state index contributed by atoms with van der Waals surface area (Å²) in [5, 5.41) is 9.41. The molecule has 2 aromatic rings. The number of aliphatic carboxylic acids is 1. The minimum atomic E-state index is -1.11. The SMILES string of the molecule is O=C(O[C@H]1C[C@@H](C(=O)O)N(C(=O)c2ccccc2)C1)c1ccccc1. The van der Waals surface area contributed by atoms with E-state index in [2.05, 4.69) is 0 Å². The van der Waals surface area contributed by atoms with E-state index in [1.807, 2.05) is 0 Å². The van der Waals surface area contributed by atoms with E-state index >= 15 is 0 Å². The number of carbonyl (C=O) groups excluding carboxylic acids is 2. The number of carboxylic acid groups (broad SMARTS) is 1. The van der Waals surface area contributed by atoms with Crippen LogP contribution in [0.1, 0.15) is 27.1 Å². The van der Waals surface area contributed by atoms with Gasteiger partial charge >= 0.3 is 11.9 Å². The second-order valence-electron chi connectivity index (χ2n) is 5.81. The predicted octanol–water partition coefficient (Wildman–Crippen LogP) is 2.21. The highest BCUT2D eigenvalue weighted by molar-refractivity contribution is 5.97. The lowest BCUT2D eigenvalue weighted by molar-refractivity contribution is -0.141. The lowest BCUT2D eigenvalue weighted by Crippen LogP contribution is -2.40. The van der Waals surface area contributed by atoms with Crippen LogP contribution >= 0.6 is 0 Å². The molecule has 2 atom stereocenters. The Kier molecular flexibility index (Phi) is 4.79. The normalized spacial score (nSPS) is 19.4. The summed E-state index contributed by atoms with van der Waals surface area (Å²) in [6, 6.07) is 15.9. The number of carboxylic acids is 1. The van der Waals surface area contributed by atoms with E-state index < -0.39 is 24.1 Å². The third-order valence-corrected chi connectivity index (χ3v) is 4.11. The van der Waals surface area contributed by atoms with Gasteiger partial charge in [-0.25, -0.2) is 9.59 Å². The number of benzene rings is 2. The molecular weight excluding hydrogens is 322 g/mol. The quantitative estimate of drug-likeness (QED) is 0.864. The van der Waals surface area contributed by atoms with Gasteiger partial charge in [-0.05, 0) is 24.3 Å². The molecule has 2 aromatic carbocycles. The number of esters is 1. The van der Waals surface area contributed by atoms with Crippen LogP contribution in [-0.4, -0.2) is 46.5 Å². The van der Waals surface area contributed by atoms with E-state index in [0.29, 0.717) is 11.1 Å². The van der Waals surface area contributed by atoms with Gasteiger partial charge in [-0.1, -0.05) is 36.4 Å². The van der Waals surface area contributed by atoms with Gasteiger partial charge in [0.15, 0.2) is 0 Å². The molecule has 0 spiro atoms. The fourth-order valence-corrected chi connectivity index (χ4v) is 2.88. The van der Waals surface area contributed by atoms with Gasteiger partial charge in [0.1, 0.15) is 12.1 Å². The van der Waals surface area contributed by atoms with Crippen molar-refractivity contribution in [2.75, 3.05) is 6.54 Å². The number of amides is 1. The van der Waals surface area contributed by atoms with E-state index in [0.717, 1.165) is 0 Å². The topological polar surface area (TPSA) is 83.9 Å². The molecule has 1 fully saturated rings. The van der Waals surface area contributed by atoms with Crippen molar-refractivity contribution in [2.24, 2.45) is 0 Å². The van der Waals surface area contributed by atoms with Crippen molar-refractivity contribution in [3.05, 3.63) is 71.8 Å². The average molecular weight is 339 g/mol. The molecule has 0 bridgehead atoms. The van der Waals surface area contributed by atoms with Crippen LogP contribution in [0.25, 0.3) is 0 Å². The minimum absolute atomic E-state index is 0.0588. The highest BCUT2D eigenvalue weighted by atomic mass is 16.5. The first-order valence-electron chi connectivity index (χ1n) is 7.91. The van der Waals surface area contributed by atoms with Crippen LogP contribution in [0.3, 0.4) is 0 Å². The molecular formula is C19H17NO5. The summed E-state index contributed by atoms with van der Waals surface area (Å²) in [5.74, 6) is -2.02. The fraction of sp³-hybridized carbons (Fsp3) is 0.211. The highest BCUT2D eigenvalue weighted by Gasteiger charge is 2.41. The molecule has 128 valence electrons.